The highest BCUT2D eigenvalue weighted by molar-refractivity contribution is 5.97. The smallest absolute Gasteiger partial charge is 0.152 e. The van der Waals surface area contributed by atoms with E-state index >= 15 is 0 Å². The van der Waals surface area contributed by atoms with E-state index in [0.717, 1.165) is 29.5 Å². The summed E-state index contributed by atoms with van der Waals surface area (Å²) in [6.45, 7) is 3.32. The first-order chi connectivity index (χ1) is 11.2. The topological polar surface area (TPSA) is 31.2 Å². The quantitative estimate of drug-likeness (QED) is 0.500. The Hall–Kier alpha value is -2.62. The normalized spacial score (nSPS) is 10.9. The van der Waals surface area contributed by atoms with E-state index in [-0.39, 0.29) is 5.82 Å². The first kappa shape index (κ1) is 15.3. The lowest BCUT2D eigenvalue weighted by atomic mass is 10.2. The largest absolute Gasteiger partial charge is 0.494 e. The fourth-order valence-electron chi connectivity index (χ4n) is 2.71. The minimum Gasteiger partial charge on any atom is -0.494 e. The lowest BCUT2D eigenvalue weighted by Gasteiger charge is -2.08. The molecular formula is C19H18FNO2. The maximum absolute atomic E-state index is 13.3. The molecule has 3 aromatic rings. The van der Waals surface area contributed by atoms with Gasteiger partial charge in [0.25, 0.3) is 0 Å². The number of hydrogen-bond acceptors (Lipinski definition) is 2. The molecule has 0 N–H and O–H groups in total. The third kappa shape index (κ3) is 3.42. The van der Waals surface area contributed by atoms with E-state index in [4.69, 9.17) is 4.74 Å². The summed E-state index contributed by atoms with van der Waals surface area (Å²) >= 11 is 0. The van der Waals surface area contributed by atoms with E-state index < -0.39 is 0 Å². The predicted molar refractivity (Wildman–Crippen MR) is 88.6 cm³/mol. The van der Waals surface area contributed by atoms with Gasteiger partial charge < -0.3 is 9.30 Å². The molecule has 0 aliphatic rings. The Bertz CT molecular complexity index is 839. The van der Waals surface area contributed by atoms with Crippen molar-refractivity contribution in [3.05, 3.63) is 65.6 Å². The molecule has 1 aromatic heterocycles. The summed E-state index contributed by atoms with van der Waals surface area (Å²) in [4.78, 5) is 11.1. The van der Waals surface area contributed by atoms with Gasteiger partial charge in [0.1, 0.15) is 11.6 Å². The first-order valence-electron chi connectivity index (χ1n) is 7.60. The van der Waals surface area contributed by atoms with Gasteiger partial charge in [-0.25, -0.2) is 4.39 Å². The number of aromatic nitrogens is 1. The minimum absolute atomic E-state index is 0.332. The Balaban J connectivity index is 1.66. The van der Waals surface area contributed by atoms with Crippen LogP contribution in [-0.4, -0.2) is 17.5 Å². The highest BCUT2D eigenvalue weighted by atomic mass is 19.1. The van der Waals surface area contributed by atoms with Crippen molar-refractivity contribution in [1.29, 1.82) is 0 Å². The van der Waals surface area contributed by atoms with Crippen molar-refractivity contribution < 1.29 is 13.9 Å². The Morgan fingerprint density at radius 2 is 2.09 bits per heavy atom. The number of nitrogens with zero attached hydrogens (tertiary/aromatic N) is 1. The van der Waals surface area contributed by atoms with Crippen LogP contribution in [0, 0.1) is 12.7 Å². The van der Waals surface area contributed by atoms with Crippen molar-refractivity contribution in [2.45, 2.75) is 19.9 Å². The summed E-state index contributed by atoms with van der Waals surface area (Å²) < 4.78 is 21.0. The molecule has 0 radical (unpaired) electrons. The number of carbonyl (C=O) groups excluding carboxylic acids is 1. The molecule has 0 spiro atoms. The SMILES string of the molecule is Cc1cccc(OCCCn2cc(C=O)c3cc(F)ccc32)c1. The van der Waals surface area contributed by atoms with Crippen LogP contribution in [-0.2, 0) is 6.54 Å². The fraction of sp³-hybridized carbons (Fsp3) is 0.211. The Kier molecular flexibility index (Phi) is 4.42. The highest BCUT2D eigenvalue weighted by Crippen LogP contribution is 2.22. The molecule has 118 valence electrons. The monoisotopic (exact) mass is 311 g/mol. The number of carbonyl (C=O) groups is 1. The second-order valence-electron chi connectivity index (χ2n) is 5.58. The summed E-state index contributed by atoms with van der Waals surface area (Å²) in [7, 11) is 0. The third-order valence-electron chi connectivity index (χ3n) is 3.80. The molecule has 2 aromatic carbocycles. The number of halogens is 1. The molecule has 4 heteroatoms. The van der Waals surface area contributed by atoms with Gasteiger partial charge in [-0.05, 0) is 49.2 Å². The number of ether oxygens (including phenoxy) is 1. The van der Waals surface area contributed by atoms with Gasteiger partial charge in [-0.1, -0.05) is 12.1 Å². The Morgan fingerprint density at radius 3 is 2.87 bits per heavy atom. The second kappa shape index (κ2) is 6.65. The average Bonchev–Trinajstić information content (AvgIpc) is 2.89. The number of aryl methyl sites for hydroxylation is 2. The number of hydrogen-bond donors (Lipinski definition) is 0. The lowest BCUT2D eigenvalue weighted by molar-refractivity contribution is 0.112. The molecule has 0 atom stereocenters. The van der Waals surface area contributed by atoms with E-state index in [1.165, 1.54) is 12.1 Å². The minimum atomic E-state index is -0.332. The molecule has 0 bridgehead atoms. The molecule has 0 saturated heterocycles. The molecular weight excluding hydrogens is 293 g/mol. The summed E-state index contributed by atoms with van der Waals surface area (Å²) in [5, 5.41) is 0.652. The standard InChI is InChI=1S/C19H18FNO2/c1-14-4-2-5-17(10-14)23-9-3-8-21-12-15(13-22)18-11-16(20)6-7-19(18)21/h2,4-7,10-13H,3,8-9H2,1H3. The maximum atomic E-state index is 13.3. The molecule has 0 aliphatic carbocycles. The summed E-state index contributed by atoms with van der Waals surface area (Å²) in [5.74, 6) is 0.527. The zero-order valence-corrected chi connectivity index (χ0v) is 13.0. The van der Waals surface area contributed by atoms with Gasteiger partial charge in [-0.15, -0.1) is 0 Å². The molecule has 0 fully saturated rings. The van der Waals surface area contributed by atoms with Crippen molar-refractivity contribution in [1.82, 2.24) is 4.57 Å². The first-order valence-corrected chi connectivity index (χ1v) is 7.60. The van der Waals surface area contributed by atoms with Crippen LogP contribution in [0.5, 0.6) is 5.75 Å². The van der Waals surface area contributed by atoms with E-state index in [9.17, 15) is 9.18 Å². The van der Waals surface area contributed by atoms with Gasteiger partial charge >= 0.3 is 0 Å². The van der Waals surface area contributed by atoms with Gasteiger partial charge in [-0.3, -0.25) is 4.79 Å². The second-order valence-corrected chi connectivity index (χ2v) is 5.58. The van der Waals surface area contributed by atoms with Gasteiger partial charge in [0, 0.05) is 29.2 Å². The van der Waals surface area contributed by atoms with E-state index in [1.807, 2.05) is 35.8 Å². The van der Waals surface area contributed by atoms with Crippen LogP contribution >= 0.6 is 0 Å². The number of fused-ring (bicyclic) bond motifs is 1. The van der Waals surface area contributed by atoms with Gasteiger partial charge in [0.2, 0.25) is 0 Å². The predicted octanol–water partition coefficient (Wildman–Crippen LogP) is 4.37. The third-order valence-corrected chi connectivity index (χ3v) is 3.80. The van der Waals surface area contributed by atoms with Crippen molar-refractivity contribution in [3.8, 4) is 5.75 Å². The van der Waals surface area contributed by atoms with Crippen LogP contribution in [0.15, 0.2) is 48.7 Å². The molecule has 3 rings (SSSR count). The zero-order valence-electron chi connectivity index (χ0n) is 13.0. The van der Waals surface area contributed by atoms with Crippen LogP contribution in [0.1, 0.15) is 22.3 Å². The molecule has 0 unspecified atom stereocenters. The summed E-state index contributed by atoms with van der Waals surface area (Å²) in [5.41, 5.74) is 2.54. The molecule has 0 aliphatic heterocycles. The maximum Gasteiger partial charge on any atom is 0.152 e. The van der Waals surface area contributed by atoms with Crippen LogP contribution in [0.4, 0.5) is 4.39 Å². The van der Waals surface area contributed by atoms with Crippen molar-refractivity contribution >= 4 is 17.2 Å². The highest BCUT2D eigenvalue weighted by Gasteiger charge is 2.08. The lowest BCUT2D eigenvalue weighted by Crippen LogP contribution is -2.03. The van der Waals surface area contributed by atoms with Gasteiger partial charge in [0.05, 0.1) is 6.61 Å². The van der Waals surface area contributed by atoms with Crippen LogP contribution in [0.25, 0.3) is 10.9 Å². The average molecular weight is 311 g/mol. The van der Waals surface area contributed by atoms with E-state index in [1.54, 1.807) is 12.3 Å². The van der Waals surface area contributed by atoms with Crippen LogP contribution in [0.3, 0.4) is 0 Å². The Morgan fingerprint density at radius 1 is 1.22 bits per heavy atom. The molecule has 0 saturated carbocycles. The number of aldehydes is 1. The summed E-state index contributed by atoms with van der Waals surface area (Å²) in [6.07, 6.45) is 3.33. The van der Waals surface area contributed by atoms with Crippen molar-refractivity contribution in [2.75, 3.05) is 6.61 Å². The molecule has 3 nitrogen and oxygen atoms in total. The van der Waals surface area contributed by atoms with Crippen LogP contribution < -0.4 is 4.74 Å². The van der Waals surface area contributed by atoms with Gasteiger partial charge in [0.15, 0.2) is 6.29 Å². The zero-order chi connectivity index (χ0) is 16.2. The van der Waals surface area contributed by atoms with E-state index in [2.05, 4.69) is 0 Å². The molecule has 0 amide bonds. The summed E-state index contributed by atoms with van der Waals surface area (Å²) in [6, 6.07) is 12.5. The van der Waals surface area contributed by atoms with Gasteiger partial charge in [-0.2, -0.15) is 0 Å². The van der Waals surface area contributed by atoms with Crippen molar-refractivity contribution in [2.24, 2.45) is 0 Å². The van der Waals surface area contributed by atoms with Crippen molar-refractivity contribution in [3.63, 3.8) is 0 Å². The fourth-order valence-corrected chi connectivity index (χ4v) is 2.71. The van der Waals surface area contributed by atoms with Crippen LogP contribution in [0.2, 0.25) is 0 Å². The van der Waals surface area contributed by atoms with E-state index in [0.29, 0.717) is 24.1 Å². The Labute approximate surface area is 134 Å². The molecule has 23 heavy (non-hydrogen) atoms. The molecule has 1 heterocycles. The number of rotatable bonds is 6. The number of benzene rings is 2.